The zero-order valence-corrected chi connectivity index (χ0v) is 5.54. The zero-order chi connectivity index (χ0) is 9.30. The van der Waals surface area contributed by atoms with E-state index in [9.17, 15) is 17.6 Å². The molecule has 0 spiro atoms. The first-order valence-electron chi connectivity index (χ1n) is 2.74. The van der Waals surface area contributed by atoms with Crippen molar-refractivity contribution in [3.63, 3.8) is 0 Å². The molecule has 0 amide bonds. The van der Waals surface area contributed by atoms with Crippen LogP contribution in [0.3, 0.4) is 0 Å². The average Bonchev–Trinajstić information content (AvgIpc) is 2.02. The van der Waals surface area contributed by atoms with Crippen molar-refractivity contribution in [2.24, 2.45) is 0 Å². The topological polar surface area (TPSA) is 12.9 Å². The third kappa shape index (κ3) is 1.11. The largest absolute Gasteiger partial charge is 0.253 e. The van der Waals surface area contributed by atoms with E-state index in [0.717, 1.165) is 0 Å². The number of hydrogen-bond acceptors (Lipinski definition) is 1. The van der Waals surface area contributed by atoms with E-state index in [1.807, 2.05) is 0 Å². The first-order chi connectivity index (χ1) is 5.57. The normalized spacial score (nSPS) is 9.58. The van der Waals surface area contributed by atoms with Gasteiger partial charge < -0.3 is 0 Å². The van der Waals surface area contributed by atoms with E-state index in [1.54, 1.807) is 0 Å². The zero-order valence-electron chi connectivity index (χ0n) is 5.54. The number of terminal acetylenes is 1. The van der Waals surface area contributed by atoms with Crippen molar-refractivity contribution in [1.29, 1.82) is 0 Å². The van der Waals surface area contributed by atoms with Crippen LogP contribution in [0.2, 0.25) is 0 Å². The van der Waals surface area contributed by atoms with Gasteiger partial charge in [-0.3, -0.25) is 0 Å². The highest BCUT2D eigenvalue weighted by molar-refractivity contribution is 5.33. The van der Waals surface area contributed by atoms with Crippen LogP contribution in [0.25, 0.3) is 0 Å². The molecule has 1 rings (SSSR count). The maximum absolute atomic E-state index is 12.5. The summed E-state index contributed by atoms with van der Waals surface area (Å²) in [5, 5.41) is 0. The minimum atomic E-state index is -1.75. The maximum atomic E-state index is 12.5. The van der Waals surface area contributed by atoms with Gasteiger partial charge in [0.25, 0.3) is 11.9 Å². The Morgan fingerprint density at radius 3 is 1.75 bits per heavy atom. The Hall–Kier alpha value is -1.57. The van der Waals surface area contributed by atoms with Crippen LogP contribution in [0.15, 0.2) is 0 Å². The Kier molecular flexibility index (Phi) is 2.00. The van der Waals surface area contributed by atoms with Gasteiger partial charge in [0, 0.05) is 0 Å². The van der Waals surface area contributed by atoms with Crippen LogP contribution < -0.4 is 0 Å². The van der Waals surface area contributed by atoms with Crippen molar-refractivity contribution in [2.45, 2.75) is 0 Å². The van der Waals surface area contributed by atoms with E-state index in [0.29, 0.717) is 0 Å². The fourth-order valence-electron chi connectivity index (χ4n) is 0.614. The summed E-state index contributed by atoms with van der Waals surface area (Å²) < 4.78 is 49.3. The second-order valence-electron chi connectivity index (χ2n) is 1.84. The van der Waals surface area contributed by atoms with Gasteiger partial charge in [-0.15, -0.1) is 6.42 Å². The summed E-state index contributed by atoms with van der Waals surface area (Å²) in [6.45, 7) is 0. The Bertz CT molecular complexity index is 340. The van der Waals surface area contributed by atoms with Gasteiger partial charge in [0.2, 0.25) is 0 Å². The molecule has 0 aliphatic heterocycles. The number of nitrogens with zero attached hydrogens (tertiary/aromatic N) is 1. The van der Waals surface area contributed by atoms with Gasteiger partial charge >= 0.3 is 0 Å². The van der Waals surface area contributed by atoms with E-state index < -0.39 is 29.1 Å². The fraction of sp³-hybridized carbons (Fsp3) is 0. The molecule has 1 heterocycles. The Morgan fingerprint density at radius 1 is 1.00 bits per heavy atom. The van der Waals surface area contributed by atoms with Crippen molar-refractivity contribution in [1.82, 2.24) is 4.98 Å². The molecular weight excluding hydrogens is 174 g/mol. The van der Waals surface area contributed by atoms with E-state index in [-0.39, 0.29) is 0 Å². The lowest BCUT2D eigenvalue weighted by Crippen LogP contribution is -2.03. The Balaban J connectivity index is 3.56. The summed E-state index contributed by atoms with van der Waals surface area (Å²) >= 11 is 0. The Morgan fingerprint density at radius 2 is 1.42 bits per heavy atom. The summed E-state index contributed by atoms with van der Waals surface area (Å²) in [5.41, 5.74) is -1.08. The van der Waals surface area contributed by atoms with Crippen LogP contribution in [-0.4, -0.2) is 4.98 Å². The van der Waals surface area contributed by atoms with Crippen LogP contribution >= 0.6 is 0 Å². The van der Waals surface area contributed by atoms with Crippen molar-refractivity contribution in [3.05, 3.63) is 29.1 Å². The van der Waals surface area contributed by atoms with E-state index >= 15 is 0 Å². The SMILES string of the molecule is C#Cc1c(F)c(F)nc(F)c1F. The molecule has 0 bridgehead atoms. The highest BCUT2D eigenvalue weighted by Gasteiger charge is 2.18. The lowest BCUT2D eigenvalue weighted by Gasteiger charge is -1.97. The molecule has 5 heteroatoms. The standard InChI is InChI=1S/C7HF4N/c1-2-3-4(8)6(10)12-7(11)5(3)9/h1H. The molecule has 0 saturated heterocycles. The molecular formula is C7HF4N. The predicted molar refractivity (Wildman–Crippen MR) is 32.0 cm³/mol. The number of pyridine rings is 1. The first kappa shape index (κ1) is 8.53. The molecule has 12 heavy (non-hydrogen) atoms. The van der Waals surface area contributed by atoms with Gasteiger partial charge in [-0.05, 0) is 0 Å². The number of aromatic nitrogens is 1. The first-order valence-corrected chi connectivity index (χ1v) is 2.74. The monoisotopic (exact) mass is 175 g/mol. The number of halogens is 4. The molecule has 0 aromatic carbocycles. The van der Waals surface area contributed by atoms with Gasteiger partial charge in [0.1, 0.15) is 5.56 Å². The predicted octanol–water partition coefficient (Wildman–Crippen LogP) is 1.62. The van der Waals surface area contributed by atoms with Crippen molar-refractivity contribution in [3.8, 4) is 12.3 Å². The van der Waals surface area contributed by atoms with E-state index in [1.165, 1.54) is 5.92 Å². The van der Waals surface area contributed by atoms with Gasteiger partial charge in [-0.1, -0.05) is 5.92 Å². The smallest absolute Gasteiger partial charge is 0.200 e. The summed E-state index contributed by atoms with van der Waals surface area (Å²) in [4.78, 5) is 2.30. The lowest BCUT2D eigenvalue weighted by molar-refractivity contribution is 0.404. The summed E-state index contributed by atoms with van der Waals surface area (Å²) in [6, 6.07) is 0. The number of rotatable bonds is 0. The molecule has 0 unspecified atom stereocenters. The highest BCUT2D eigenvalue weighted by atomic mass is 19.2. The van der Waals surface area contributed by atoms with Crippen LogP contribution in [0, 0.1) is 35.9 Å². The van der Waals surface area contributed by atoms with E-state index in [2.05, 4.69) is 11.4 Å². The third-order valence-electron chi connectivity index (χ3n) is 1.14. The van der Waals surface area contributed by atoms with Gasteiger partial charge in [0.05, 0.1) is 0 Å². The molecule has 0 N–H and O–H groups in total. The molecule has 0 saturated carbocycles. The van der Waals surface area contributed by atoms with E-state index in [4.69, 9.17) is 0 Å². The highest BCUT2D eigenvalue weighted by Crippen LogP contribution is 2.14. The van der Waals surface area contributed by atoms with Crippen LogP contribution in [-0.2, 0) is 0 Å². The molecule has 0 fully saturated rings. The Labute approximate surface area is 65.0 Å². The van der Waals surface area contributed by atoms with Crippen LogP contribution in [0.4, 0.5) is 17.6 Å². The maximum Gasteiger partial charge on any atom is 0.253 e. The van der Waals surface area contributed by atoms with Gasteiger partial charge in [-0.25, -0.2) is 8.78 Å². The van der Waals surface area contributed by atoms with Crippen LogP contribution in [0.5, 0.6) is 0 Å². The summed E-state index contributed by atoms with van der Waals surface area (Å²) in [7, 11) is 0. The average molecular weight is 175 g/mol. The second kappa shape index (κ2) is 2.81. The fourth-order valence-corrected chi connectivity index (χ4v) is 0.614. The van der Waals surface area contributed by atoms with Crippen molar-refractivity contribution in [2.75, 3.05) is 0 Å². The molecule has 0 atom stereocenters. The number of hydrogen-bond donors (Lipinski definition) is 0. The lowest BCUT2D eigenvalue weighted by atomic mass is 10.2. The second-order valence-corrected chi connectivity index (χ2v) is 1.84. The van der Waals surface area contributed by atoms with Gasteiger partial charge in [0.15, 0.2) is 11.6 Å². The third-order valence-corrected chi connectivity index (χ3v) is 1.14. The molecule has 1 aromatic rings. The van der Waals surface area contributed by atoms with Crippen molar-refractivity contribution < 1.29 is 17.6 Å². The van der Waals surface area contributed by atoms with Crippen LogP contribution in [0.1, 0.15) is 5.56 Å². The quantitative estimate of drug-likeness (QED) is 0.331. The molecule has 0 aliphatic rings. The minimum absolute atomic E-state index is 1.08. The van der Waals surface area contributed by atoms with Crippen molar-refractivity contribution >= 4 is 0 Å². The molecule has 1 nitrogen and oxygen atoms in total. The van der Waals surface area contributed by atoms with Gasteiger partial charge in [-0.2, -0.15) is 13.8 Å². The summed E-state index contributed by atoms with van der Waals surface area (Å²) in [6.07, 6.45) is 4.60. The summed E-state index contributed by atoms with van der Waals surface area (Å²) in [5.74, 6) is -5.33. The molecule has 0 aliphatic carbocycles. The minimum Gasteiger partial charge on any atom is -0.200 e. The molecule has 1 aromatic heterocycles. The molecule has 62 valence electrons. The molecule has 0 radical (unpaired) electrons.